The molecule has 0 radical (unpaired) electrons. The minimum atomic E-state index is -0.278. The summed E-state index contributed by atoms with van der Waals surface area (Å²) in [5.74, 6) is -0.278. The number of benzene rings is 1. The number of carbonyl (C=O) groups is 1. The molecule has 0 saturated carbocycles. The van der Waals surface area contributed by atoms with E-state index in [1.165, 1.54) is 0 Å². The van der Waals surface area contributed by atoms with Crippen LogP contribution in [0.25, 0.3) is 0 Å². The fraction of sp³-hybridized carbons (Fsp3) is 0.364. The molecule has 1 aromatic rings. The molecule has 0 aliphatic rings. The predicted octanol–water partition coefficient (Wildman–Crippen LogP) is 2.30. The maximum absolute atomic E-state index is 11.4. The van der Waals surface area contributed by atoms with Crippen molar-refractivity contribution in [2.24, 2.45) is 0 Å². The van der Waals surface area contributed by atoms with E-state index in [0.29, 0.717) is 17.5 Å². The van der Waals surface area contributed by atoms with Gasteiger partial charge in [0.15, 0.2) is 0 Å². The minimum Gasteiger partial charge on any atom is -0.461 e. The maximum Gasteiger partial charge on any atom is 0.338 e. The Kier molecular flexibility index (Phi) is 4.62. The molecule has 1 aromatic carbocycles. The first-order valence-corrected chi connectivity index (χ1v) is 5.78. The van der Waals surface area contributed by atoms with Crippen LogP contribution in [0.3, 0.4) is 0 Å². The molecule has 3 nitrogen and oxygen atoms in total. The standard InChI is InChI=1S/C11H14BrNO2/c1-13(2)10-5-3-9(4-6-10)11(14)15-8-7-12/h3-6H,7-8H2,1-2H3. The van der Waals surface area contributed by atoms with Crippen molar-refractivity contribution in [3.63, 3.8) is 0 Å². The van der Waals surface area contributed by atoms with Crippen molar-refractivity contribution >= 4 is 27.6 Å². The normalized spacial score (nSPS) is 9.80. The number of hydrogen-bond donors (Lipinski definition) is 0. The van der Waals surface area contributed by atoms with Crippen molar-refractivity contribution in [2.45, 2.75) is 0 Å². The molecular formula is C11H14BrNO2. The fourth-order valence-electron chi connectivity index (χ4n) is 1.11. The first kappa shape index (κ1) is 12.0. The molecule has 0 spiro atoms. The summed E-state index contributed by atoms with van der Waals surface area (Å²) in [7, 11) is 3.91. The first-order chi connectivity index (χ1) is 7.15. The molecule has 82 valence electrons. The van der Waals surface area contributed by atoms with Crippen LogP contribution in [0, 0.1) is 0 Å². The molecule has 1 rings (SSSR count). The molecule has 0 heterocycles. The molecule has 0 fully saturated rings. The lowest BCUT2D eigenvalue weighted by Gasteiger charge is -2.12. The molecule has 0 aromatic heterocycles. The van der Waals surface area contributed by atoms with Crippen molar-refractivity contribution in [1.82, 2.24) is 0 Å². The highest BCUT2D eigenvalue weighted by Crippen LogP contribution is 2.12. The lowest BCUT2D eigenvalue weighted by Crippen LogP contribution is -2.10. The van der Waals surface area contributed by atoms with E-state index in [0.717, 1.165) is 5.69 Å². The summed E-state index contributed by atoms with van der Waals surface area (Å²) in [6.07, 6.45) is 0. The van der Waals surface area contributed by atoms with Crippen LogP contribution in [0.4, 0.5) is 5.69 Å². The van der Waals surface area contributed by atoms with Crippen molar-refractivity contribution in [2.75, 3.05) is 30.9 Å². The zero-order valence-corrected chi connectivity index (χ0v) is 10.5. The molecule has 0 amide bonds. The van der Waals surface area contributed by atoms with Gasteiger partial charge in [-0.15, -0.1) is 0 Å². The van der Waals surface area contributed by atoms with Crippen LogP contribution < -0.4 is 4.90 Å². The average Bonchev–Trinajstić information content (AvgIpc) is 2.26. The Bertz CT molecular complexity index is 322. The Morgan fingerprint density at radius 2 is 1.93 bits per heavy atom. The number of halogens is 1. The molecular weight excluding hydrogens is 258 g/mol. The molecule has 0 unspecified atom stereocenters. The van der Waals surface area contributed by atoms with E-state index in [4.69, 9.17) is 4.74 Å². The van der Waals surface area contributed by atoms with Crippen molar-refractivity contribution < 1.29 is 9.53 Å². The van der Waals surface area contributed by atoms with Crippen molar-refractivity contribution in [3.8, 4) is 0 Å². The smallest absolute Gasteiger partial charge is 0.338 e. The summed E-state index contributed by atoms with van der Waals surface area (Å²) < 4.78 is 4.98. The number of anilines is 1. The number of rotatable bonds is 4. The lowest BCUT2D eigenvalue weighted by molar-refractivity contribution is 0.0531. The predicted molar refractivity (Wildman–Crippen MR) is 64.8 cm³/mol. The van der Waals surface area contributed by atoms with E-state index in [9.17, 15) is 4.79 Å². The second-order valence-electron chi connectivity index (χ2n) is 3.27. The van der Waals surface area contributed by atoms with Crippen LogP contribution in [0.1, 0.15) is 10.4 Å². The van der Waals surface area contributed by atoms with E-state index < -0.39 is 0 Å². The highest BCUT2D eigenvalue weighted by molar-refractivity contribution is 9.09. The zero-order chi connectivity index (χ0) is 11.3. The molecule has 0 atom stereocenters. The summed E-state index contributed by atoms with van der Waals surface area (Å²) in [6, 6.07) is 7.33. The Morgan fingerprint density at radius 1 is 1.33 bits per heavy atom. The number of hydrogen-bond acceptors (Lipinski definition) is 3. The Morgan fingerprint density at radius 3 is 2.40 bits per heavy atom. The molecule has 4 heteroatoms. The second kappa shape index (κ2) is 5.75. The number of nitrogens with zero attached hydrogens (tertiary/aromatic N) is 1. The Balaban J connectivity index is 2.67. The topological polar surface area (TPSA) is 29.5 Å². The van der Waals surface area contributed by atoms with Crippen molar-refractivity contribution in [3.05, 3.63) is 29.8 Å². The van der Waals surface area contributed by atoms with E-state index in [1.807, 2.05) is 31.1 Å². The molecule has 0 aliphatic heterocycles. The second-order valence-corrected chi connectivity index (χ2v) is 4.06. The molecule has 0 aliphatic carbocycles. The van der Waals surface area contributed by atoms with Crippen LogP contribution in [0.2, 0.25) is 0 Å². The first-order valence-electron chi connectivity index (χ1n) is 4.65. The van der Waals surface area contributed by atoms with Gasteiger partial charge in [-0.25, -0.2) is 4.79 Å². The van der Waals surface area contributed by atoms with Gasteiger partial charge in [-0.2, -0.15) is 0 Å². The van der Waals surface area contributed by atoms with Gasteiger partial charge in [0.05, 0.1) is 5.56 Å². The molecule has 0 bridgehead atoms. The third kappa shape index (κ3) is 3.55. The summed E-state index contributed by atoms with van der Waals surface area (Å²) >= 11 is 3.20. The number of carbonyl (C=O) groups excluding carboxylic acids is 1. The minimum absolute atomic E-state index is 0.278. The monoisotopic (exact) mass is 271 g/mol. The average molecular weight is 272 g/mol. The van der Waals surface area contributed by atoms with E-state index >= 15 is 0 Å². The van der Waals surface area contributed by atoms with Crippen LogP contribution in [-0.2, 0) is 4.74 Å². The summed E-state index contributed by atoms with van der Waals surface area (Å²) in [6.45, 7) is 0.397. The molecule has 15 heavy (non-hydrogen) atoms. The Labute approximate surface area is 98.2 Å². The van der Waals surface area contributed by atoms with Gasteiger partial charge in [0.2, 0.25) is 0 Å². The highest BCUT2D eigenvalue weighted by Gasteiger charge is 2.06. The third-order valence-electron chi connectivity index (χ3n) is 1.93. The largest absolute Gasteiger partial charge is 0.461 e. The molecule has 0 saturated heterocycles. The van der Waals surface area contributed by atoms with E-state index in [2.05, 4.69) is 15.9 Å². The molecule has 0 N–H and O–H groups in total. The number of alkyl halides is 1. The Hall–Kier alpha value is -1.03. The van der Waals surface area contributed by atoms with Crippen LogP contribution in [0.15, 0.2) is 24.3 Å². The van der Waals surface area contributed by atoms with Crippen LogP contribution in [0.5, 0.6) is 0 Å². The third-order valence-corrected chi connectivity index (χ3v) is 2.25. The summed E-state index contributed by atoms with van der Waals surface area (Å²) in [5, 5.41) is 0.661. The van der Waals surface area contributed by atoms with Gasteiger partial charge in [0.25, 0.3) is 0 Å². The van der Waals surface area contributed by atoms with E-state index in [1.54, 1.807) is 12.1 Å². The van der Waals surface area contributed by atoms with Gasteiger partial charge >= 0.3 is 5.97 Å². The van der Waals surface area contributed by atoms with Gasteiger partial charge < -0.3 is 9.64 Å². The highest BCUT2D eigenvalue weighted by atomic mass is 79.9. The quantitative estimate of drug-likeness (QED) is 0.622. The van der Waals surface area contributed by atoms with Crippen molar-refractivity contribution in [1.29, 1.82) is 0 Å². The number of esters is 1. The maximum atomic E-state index is 11.4. The van der Waals surface area contributed by atoms with Gasteiger partial charge in [-0.3, -0.25) is 0 Å². The summed E-state index contributed by atoms with van der Waals surface area (Å²) in [4.78, 5) is 13.4. The van der Waals surface area contributed by atoms with Gasteiger partial charge in [0, 0.05) is 25.1 Å². The van der Waals surface area contributed by atoms with E-state index in [-0.39, 0.29) is 5.97 Å². The van der Waals surface area contributed by atoms with Crippen LogP contribution in [-0.4, -0.2) is 32.0 Å². The lowest BCUT2D eigenvalue weighted by atomic mass is 10.2. The zero-order valence-electron chi connectivity index (χ0n) is 8.87. The fourth-order valence-corrected chi connectivity index (χ4v) is 1.27. The van der Waals surface area contributed by atoms with Gasteiger partial charge in [-0.05, 0) is 24.3 Å². The van der Waals surface area contributed by atoms with Crippen LogP contribution >= 0.6 is 15.9 Å². The van der Waals surface area contributed by atoms with Gasteiger partial charge in [0.1, 0.15) is 6.61 Å². The SMILES string of the molecule is CN(C)c1ccc(C(=O)OCCBr)cc1. The summed E-state index contributed by atoms with van der Waals surface area (Å²) in [5.41, 5.74) is 1.65. The number of ether oxygens (including phenoxy) is 1. The van der Waals surface area contributed by atoms with Gasteiger partial charge in [-0.1, -0.05) is 15.9 Å².